The third-order valence-corrected chi connectivity index (χ3v) is 3.50. The van der Waals surface area contributed by atoms with Crippen LogP contribution in [-0.4, -0.2) is 33.2 Å². The molecule has 1 rings (SSSR count). The molecule has 0 heterocycles. The molecule has 0 bridgehead atoms. The van der Waals surface area contributed by atoms with Gasteiger partial charge in [-0.25, -0.2) is 17.9 Å². The van der Waals surface area contributed by atoms with Gasteiger partial charge in [-0.3, -0.25) is 10.1 Å². The van der Waals surface area contributed by atoms with Crippen molar-refractivity contribution in [3.05, 3.63) is 28.1 Å². The van der Waals surface area contributed by atoms with Crippen molar-refractivity contribution in [2.75, 3.05) is 13.7 Å². The first-order valence-corrected chi connectivity index (χ1v) is 7.37. The Balaban J connectivity index is 3.21. The van der Waals surface area contributed by atoms with Gasteiger partial charge < -0.3 is 9.47 Å². The molecular formula is C11H15FN2O6S. The van der Waals surface area contributed by atoms with Crippen molar-refractivity contribution in [1.29, 1.82) is 0 Å². The Hall–Kier alpha value is -1.78. The summed E-state index contributed by atoms with van der Waals surface area (Å²) in [6.45, 7) is 1.97. The van der Waals surface area contributed by atoms with E-state index in [9.17, 15) is 22.9 Å². The summed E-state index contributed by atoms with van der Waals surface area (Å²) >= 11 is 0. The zero-order valence-electron chi connectivity index (χ0n) is 11.4. The molecule has 118 valence electrons. The molecule has 0 fully saturated rings. The molecular weight excluding hydrogens is 307 g/mol. The number of hydrogen-bond donors (Lipinski definition) is 1. The highest BCUT2D eigenvalue weighted by Crippen LogP contribution is 2.32. The van der Waals surface area contributed by atoms with Crippen LogP contribution in [0.4, 0.5) is 10.1 Å². The van der Waals surface area contributed by atoms with Gasteiger partial charge >= 0.3 is 5.69 Å². The quantitative estimate of drug-likeness (QED) is 0.594. The fourth-order valence-electron chi connectivity index (χ4n) is 1.54. The number of methoxy groups -OCH3 is 1. The maximum absolute atomic E-state index is 13.7. The Morgan fingerprint density at radius 1 is 1.48 bits per heavy atom. The number of rotatable bonds is 7. The molecule has 0 aliphatic heterocycles. The summed E-state index contributed by atoms with van der Waals surface area (Å²) in [6.07, 6.45) is -0.0601. The van der Waals surface area contributed by atoms with E-state index >= 15 is 0 Å². The second-order valence-electron chi connectivity index (χ2n) is 4.26. The Kier molecular flexibility index (Phi) is 5.58. The molecule has 10 heteroatoms. The number of benzene rings is 1. The van der Waals surface area contributed by atoms with Crippen molar-refractivity contribution < 1.29 is 27.2 Å². The fourth-order valence-corrected chi connectivity index (χ4v) is 2.15. The normalized spacial score (nSPS) is 13.0. The van der Waals surface area contributed by atoms with Gasteiger partial charge in [-0.15, -0.1) is 0 Å². The maximum Gasteiger partial charge on any atom is 0.312 e. The summed E-state index contributed by atoms with van der Waals surface area (Å²) < 4.78 is 46.1. The summed E-state index contributed by atoms with van der Waals surface area (Å²) in [4.78, 5) is 9.13. The second kappa shape index (κ2) is 6.78. The number of nitro benzene ring substituents is 1. The van der Waals surface area contributed by atoms with Crippen LogP contribution in [0.3, 0.4) is 0 Å². The number of nitro groups is 1. The number of nitrogens with zero attached hydrogens (tertiary/aromatic N) is 1. The summed E-state index contributed by atoms with van der Waals surface area (Å²) in [5.74, 6) is -1.58. The molecule has 0 aliphatic rings. The Labute approximate surface area is 120 Å². The summed E-state index contributed by atoms with van der Waals surface area (Å²) in [5, 5.41) is 15.7. The van der Waals surface area contributed by atoms with E-state index in [2.05, 4.69) is 0 Å². The Morgan fingerprint density at radius 3 is 2.57 bits per heavy atom. The van der Waals surface area contributed by atoms with E-state index in [1.807, 2.05) is 0 Å². The molecule has 0 radical (unpaired) electrons. The highest BCUT2D eigenvalue weighted by atomic mass is 32.2. The van der Waals surface area contributed by atoms with Gasteiger partial charge in [0.15, 0.2) is 5.75 Å². The molecule has 1 aromatic carbocycles. The van der Waals surface area contributed by atoms with Crippen LogP contribution in [0.15, 0.2) is 17.0 Å². The van der Waals surface area contributed by atoms with Crippen molar-refractivity contribution in [2.24, 2.45) is 5.14 Å². The van der Waals surface area contributed by atoms with Crippen molar-refractivity contribution in [2.45, 2.75) is 24.3 Å². The number of halogens is 1. The van der Waals surface area contributed by atoms with Gasteiger partial charge in [-0.1, -0.05) is 0 Å². The lowest BCUT2D eigenvalue weighted by molar-refractivity contribution is -0.386. The first-order valence-electron chi connectivity index (χ1n) is 5.83. The molecule has 0 amide bonds. The zero-order valence-corrected chi connectivity index (χ0v) is 12.2. The first-order chi connectivity index (χ1) is 9.66. The predicted molar refractivity (Wildman–Crippen MR) is 71.0 cm³/mol. The monoisotopic (exact) mass is 322 g/mol. The summed E-state index contributed by atoms with van der Waals surface area (Å²) in [7, 11) is -2.92. The smallest absolute Gasteiger partial charge is 0.312 e. The maximum atomic E-state index is 13.7. The highest BCUT2D eigenvalue weighted by molar-refractivity contribution is 7.89. The van der Waals surface area contributed by atoms with E-state index in [4.69, 9.17) is 14.6 Å². The average Bonchev–Trinajstić information content (AvgIpc) is 2.34. The molecule has 8 nitrogen and oxygen atoms in total. The molecule has 0 saturated heterocycles. The van der Waals surface area contributed by atoms with E-state index < -0.39 is 37.5 Å². The third-order valence-electron chi connectivity index (χ3n) is 2.57. The van der Waals surface area contributed by atoms with Crippen molar-refractivity contribution in [1.82, 2.24) is 0 Å². The van der Waals surface area contributed by atoms with Crippen molar-refractivity contribution in [3.8, 4) is 5.75 Å². The lowest BCUT2D eigenvalue weighted by atomic mass is 10.2. The lowest BCUT2D eigenvalue weighted by Crippen LogP contribution is -2.17. The number of primary sulfonamides is 1. The van der Waals surface area contributed by atoms with E-state index in [0.717, 1.165) is 0 Å². The van der Waals surface area contributed by atoms with Crippen LogP contribution in [0.5, 0.6) is 5.75 Å². The Bertz CT molecular complexity index is 634. The van der Waals surface area contributed by atoms with Crippen molar-refractivity contribution in [3.63, 3.8) is 0 Å². The molecule has 0 aliphatic carbocycles. The highest BCUT2D eigenvalue weighted by Gasteiger charge is 2.25. The van der Waals surface area contributed by atoms with Gasteiger partial charge in [-0.2, -0.15) is 0 Å². The largest absolute Gasteiger partial charge is 0.484 e. The molecule has 1 unspecified atom stereocenters. The Morgan fingerprint density at radius 2 is 2.10 bits per heavy atom. The van der Waals surface area contributed by atoms with E-state index in [1.165, 1.54) is 7.11 Å². The number of hydrogen-bond acceptors (Lipinski definition) is 6. The van der Waals surface area contributed by atoms with Crippen LogP contribution in [0.25, 0.3) is 0 Å². The summed E-state index contributed by atoms with van der Waals surface area (Å²) in [5.41, 5.74) is -0.676. The van der Waals surface area contributed by atoms with Gasteiger partial charge in [0, 0.05) is 32.3 Å². The van der Waals surface area contributed by atoms with Crippen LogP contribution in [-0.2, 0) is 14.8 Å². The van der Waals surface area contributed by atoms with Crippen molar-refractivity contribution >= 4 is 15.7 Å². The first kappa shape index (κ1) is 17.3. The van der Waals surface area contributed by atoms with Crippen LogP contribution in [0.1, 0.15) is 13.3 Å². The number of nitrogens with two attached hydrogens (primary N) is 1. The lowest BCUT2D eigenvalue weighted by Gasteiger charge is -2.14. The minimum atomic E-state index is -4.40. The van der Waals surface area contributed by atoms with Gasteiger partial charge in [0.25, 0.3) is 0 Å². The fraction of sp³-hybridized carbons (Fsp3) is 0.455. The van der Waals surface area contributed by atoms with Gasteiger partial charge in [0.1, 0.15) is 10.7 Å². The molecule has 0 aromatic heterocycles. The van der Waals surface area contributed by atoms with Gasteiger partial charge in [-0.05, 0) is 6.92 Å². The standard InChI is InChI=1S/C11H15FN2O6S/c1-7(3-4-19-2)20-10-5-8(12)11(21(13,17)18)6-9(10)14(15)16/h5-7H,3-4H2,1-2H3,(H2,13,17,18). The van der Waals surface area contributed by atoms with Crippen LogP contribution >= 0.6 is 0 Å². The van der Waals surface area contributed by atoms with Crippen LogP contribution in [0.2, 0.25) is 0 Å². The van der Waals surface area contributed by atoms with Gasteiger partial charge in [0.2, 0.25) is 10.0 Å². The molecule has 1 aromatic rings. The number of sulfonamides is 1. The minimum absolute atomic E-state index is 0.354. The minimum Gasteiger partial charge on any atom is -0.484 e. The molecule has 21 heavy (non-hydrogen) atoms. The molecule has 2 N–H and O–H groups in total. The topological polar surface area (TPSA) is 122 Å². The SMILES string of the molecule is COCCC(C)Oc1cc(F)c(S(N)(=O)=O)cc1[N+](=O)[O-]. The average molecular weight is 322 g/mol. The molecule has 1 atom stereocenters. The van der Waals surface area contributed by atoms with Gasteiger partial charge in [0.05, 0.1) is 11.0 Å². The van der Waals surface area contributed by atoms with E-state index in [0.29, 0.717) is 25.2 Å². The van der Waals surface area contributed by atoms with E-state index in [1.54, 1.807) is 6.92 Å². The van der Waals surface area contributed by atoms with Crippen LogP contribution < -0.4 is 9.88 Å². The van der Waals surface area contributed by atoms with Crippen LogP contribution in [0, 0.1) is 15.9 Å². The second-order valence-corrected chi connectivity index (χ2v) is 5.79. The zero-order chi connectivity index (χ0) is 16.2. The van der Waals surface area contributed by atoms with E-state index in [-0.39, 0.29) is 5.75 Å². The predicted octanol–water partition coefficient (Wildman–Crippen LogP) is 1.19. The number of ether oxygens (including phenoxy) is 2. The summed E-state index contributed by atoms with van der Waals surface area (Å²) in [6, 6.07) is 1.18. The molecule has 0 spiro atoms. The molecule has 0 saturated carbocycles. The third kappa shape index (κ3) is 4.62.